The molecule has 1 aromatic heterocycles. The maximum Gasteiger partial charge on any atom is 0.308 e. The van der Waals surface area contributed by atoms with Crippen LogP contribution in [0.3, 0.4) is 0 Å². The number of carbonyl (C=O) groups is 2. The van der Waals surface area contributed by atoms with Crippen LogP contribution in [0.5, 0.6) is 0 Å². The third kappa shape index (κ3) is 4.94. The lowest BCUT2D eigenvalue weighted by molar-refractivity contribution is -0.141. The summed E-state index contributed by atoms with van der Waals surface area (Å²) in [5.41, 5.74) is 1.92. The molecule has 2 aromatic carbocycles. The number of aryl methyl sites for hydroxylation is 2. The molecule has 6 nitrogen and oxygen atoms in total. The second kappa shape index (κ2) is 8.49. The third-order valence-electron chi connectivity index (χ3n) is 4.72. The molecule has 3 aromatic rings. The quantitative estimate of drug-likeness (QED) is 0.643. The standard InChI is InChI=1S/C21H23N3O3/c1-24-19(10-11-23-24)8-9-20(25)22-14-18(21(26)27)13-15-6-7-16-4-2-3-5-17(16)12-15/h2-7,10-12,18H,8-9,13-14H2,1H3,(H,22,25)(H,26,27). The number of rotatable bonds is 8. The van der Waals surface area contributed by atoms with E-state index in [-0.39, 0.29) is 12.5 Å². The predicted molar refractivity (Wildman–Crippen MR) is 103 cm³/mol. The molecule has 1 unspecified atom stereocenters. The van der Waals surface area contributed by atoms with Crippen LogP contribution in [-0.2, 0) is 29.5 Å². The van der Waals surface area contributed by atoms with Gasteiger partial charge in [0.15, 0.2) is 0 Å². The summed E-state index contributed by atoms with van der Waals surface area (Å²) in [4.78, 5) is 23.7. The van der Waals surface area contributed by atoms with Crippen molar-refractivity contribution in [2.75, 3.05) is 6.54 Å². The first-order valence-electron chi connectivity index (χ1n) is 8.97. The molecule has 0 aliphatic heterocycles. The number of carboxylic acids is 1. The molecule has 6 heteroatoms. The van der Waals surface area contributed by atoms with Crippen LogP contribution in [0, 0.1) is 5.92 Å². The normalized spacial score (nSPS) is 12.0. The lowest BCUT2D eigenvalue weighted by Gasteiger charge is -2.14. The molecule has 0 aliphatic rings. The molecule has 1 atom stereocenters. The average Bonchev–Trinajstić information content (AvgIpc) is 3.08. The molecule has 27 heavy (non-hydrogen) atoms. The first-order valence-corrected chi connectivity index (χ1v) is 8.97. The molecule has 0 aliphatic carbocycles. The second-order valence-electron chi connectivity index (χ2n) is 6.67. The maximum atomic E-state index is 12.1. The Morgan fingerprint density at radius 3 is 2.63 bits per heavy atom. The summed E-state index contributed by atoms with van der Waals surface area (Å²) in [6, 6.07) is 15.8. The molecule has 0 spiro atoms. The van der Waals surface area contributed by atoms with Crippen molar-refractivity contribution in [3.8, 4) is 0 Å². The van der Waals surface area contributed by atoms with Crippen molar-refractivity contribution in [3.05, 3.63) is 66.0 Å². The van der Waals surface area contributed by atoms with Crippen molar-refractivity contribution in [3.63, 3.8) is 0 Å². The Kier molecular flexibility index (Phi) is 5.86. The largest absolute Gasteiger partial charge is 0.481 e. The van der Waals surface area contributed by atoms with Crippen LogP contribution in [-0.4, -0.2) is 33.3 Å². The fourth-order valence-corrected chi connectivity index (χ4v) is 3.11. The first-order chi connectivity index (χ1) is 13.0. The van der Waals surface area contributed by atoms with Gasteiger partial charge < -0.3 is 10.4 Å². The van der Waals surface area contributed by atoms with E-state index in [2.05, 4.69) is 10.4 Å². The maximum absolute atomic E-state index is 12.1. The fraction of sp³-hybridized carbons (Fsp3) is 0.286. The van der Waals surface area contributed by atoms with Crippen molar-refractivity contribution in [1.29, 1.82) is 0 Å². The molecule has 2 N–H and O–H groups in total. The van der Waals surface area contributed by atoms with Gasteiger partial charge in [-0.3, -0.25) is 14.3 Å². The van der Waals surface area contributed by atoms with Crippen LogP contribution in [0.1, 0.15) is 17.7 Å². The molecule has 0 bridgehead atoms. The molecular formula is C21H23N3O3. The number of nitrogens with one attached hydrogen (secondary N) is 1. The molecule has 1 amide bonds. The van der Waals surface area contributed by atoms with Gasteiger partial charge in [0.2, 0.25) is 5.91 Å². The van der Waals surface area contributed by atoms with Gasteiger partial charge in [-0.1, -0.05) is 42.5 Å². The fourth-order valence-electron chi connectivity index (χ4n) is 3.11. The van der Waals surface area contributed by atoms with Gasteiger partial charge >= 0.3 is 5.97 Å². The molecule has 3 rings (SSSR count). The summed E-state index contributed by atoms with van der Waals surface area (Å²) in [6.07, 6.45) is 2.95. The SMILES string of the molecule is Cn1nccc1CCC(=O)NCC(Cc1ccc2ccccc2c1)C(=O)O. The van der Waals surface area contributed by atoms with Crippen LogP contribution in [0.4, 0.5) is 0 Å². The van der Waals surface area contributed by atoms with Gasteiger partial charge in [0.05, 0.1) is 5.92 Å². The van der Waals surface area contributed by atoms with Crippen molar-refractivity contribution in [1.82, 2.24) is 15.1 Å². The van der Waals surface area contributed by atoms with Crippen LogP contribution in [0.2, 0.25) is 0 Å². The van der Waals surface area contributed by atoms with Crippen LogP contribution in [0.15, 0.2) is 54.7 Å². The Morgan fingerprint density at radius 1 is 1.15 bits per heavy atom. The minimum absolute atomic E-state index is 0.117. The molecule has 0 fully saturated rings. The summed E-state index contributed by atoms with van der Waals surface area (Å²) in [6.45, 7) is 0.117. The average molecular weight is 365 g/mol. The Balaban J connectivity index is 1.56. The first kappa shape index (κ1) is 18.6. The van der Waals surface area contributed by atoms with Crippen molar-refractivity contribution < 1.29 is 14.7 Å². The van der Waals surface area contributed by atoms with E-state index in [1.807, 2.05) is 55.6 Å². The number of fused-ring (bicyclic) bond motifs is 1. The Labute approximate surface area is 157 Å². The number of amides is 1. The summed E-state index contributed by atoms with van der Waals surface area (Å²) in [5, 5.41) is 18.5. The number of aliphatic carboxylic acids is 1. The topological polar surface area (TPSA) is 84.2 Å². The van der Waals surface area contributed by atoms with E-state index >= 15 is 0 Å². The van der Waals surface area contributed by atoms with Gasteiger partial charge in [-0.2, -0.15) is 5.10 Å². The van der Waals surface area contributed by atoms with Crippen molar-refractivity contribution >= 4 is 22.6 Å². The smallest absolute Gasteiger partial charge is 0.308 e. The van der Waals surface area contributed by atoms with Crippen molar-refractivity contribution in [2.45, 2.75) is 19.3 Å². The zero-order valence-corrected chi connectivity index (χ0v) is 15.3. The van der Waals surface area contributed by atoms with Gasteiger partial charge in [-0.05, 0) is 35.2 Å². The molecular weight excluding hydrogens is 342 g/mol. The number of carbonyl (C=O) groups excluding carboxylic acids is 1. The van der Waals surface area contributed by atoms with E-state index in [1.165, 1.54) is 0 Å². The highest BCUT2D eigenvalue weighted by Gasteiger charge is 2.19. The minimum Gasteiger partial charge on any atom is -0.481 e. The molecule has 0 radical (unpaired) electrons. The number of benzene rings is 2. The number of nitrogens with zero attached hydrogens (tertiary/aromatic N) is 2. The highest BCUT2D eigenvalue weighted by Crippen LogP contribution is 2.18. The lowest BCUT2D eigenvalue weighted by atomic mass is 9.97. The number of carboxylic acid groups (broad SMARTS) is 1. The van der Waals surface area contributed by atoms with E-state index < -0.39 is 11.9 Å². The Bertz CT molecular complexity index is 949. The third-order valence-corrected chi connectivity index (χ3v) is 4.72. The number of hydrogen-bond donors (Lipinski definition) is 2. The molecule has 0 saturated carbocycles. The second-order valence-corrected chi connectivity index (χ2v) is 6.67. The zero-order chi connectivity index (χ0) is 19.2. The van der Waals surface area contributed by atoms with Gasteiger partial charge in [-0.15, -0.1) is 0 Å². The lowest BCUT2D eigenvalue weighted by Crippen LogP contribution is -2.34. The van der Waals surface area contributed by atoms with E-state index in [4.69, 9.17) is 0 Å². The predicted octanol–water partition coefficient (Wildman–Crippen LogP) is 2.57. The highest BCUT2D eigenvalue weighted by atomic mass is 16.4. The van der Waals surface area contributed by atoms with Crippen LogP contribution < -0.4 is 5.32 Å². The van der Waals surface area contributed by atoms with E-state index in [0.717, 1.165) is 22.0 Å². The Morgan fingerprint density at radius 2 is 1.93 bits per heavy atom. The number of aromatic nitrogens is 2. The summed E-state index contributed by atoms with van der Waals surface area (Å²) >= 11 is 0. The van der Waals surface area contributed by atoms with E-state index in [1.54, 1.807) is 10.9 Å². The Hall–Kier alpha value is -3.15. The summed E-state index contributed by atoms with van der Waals surface area (Å²) in [7, 11) is 1.83. The summed E-state index contributed by atoms with van der Waals surface area (Å²) < 4.78 is 1.73. The van der Waals surface area contributed by atoms with E-state index in [0.29, 0.717) is 19.3 Å². The van der Waals surface area contributed by atoms with Gasteiger partial charge in [-0.25, -0.2) is 0 Å². The summed E-state index contributed by atoms with van der Waals surface area (Å²) in [5.74, 6) is -1.72. The highest BCUT2D eigenvalue weighted by molar-refractivity contribution is 5.83. The monoisotopic (exact) mass is 365 g/mol. The number of hydrogen-bond acceptors (Lipinski definition) is 3. The zero-order valence-electron chi connectivity index (χ0n) is 15.3. The molecule has 140 valence electrons. The van der Waals surface area contributed by atoms with Crippen molar-refractivity contribution in [2.24, 2.45) is 13.0 Å². The molecule has 1 heterocycles. The van der Waals surface area contributed by atoms with E-state index in [9.17, 15) is 14.7 Å². The minimum atomic E-state index is -0.907. The van der Waals surface area contributed by atoms with Crippen LogP contribution in [0.25, 0.3) is 10.8 Å². The van der Waals surface area contributed by atoms with Gasteiger partial charge in [0, 0.05) is 31.9 Å². The van der Waals surface area contributed by atoms with Crippen LogP contribution >= 0.6 is 0 Å². The molecule has 0 saturated heterocycles. The van der Waals surface area contributed by atoms with Gasteiger partial charge in [0.1, 0.15) is 0 Å². The van der Waals surface area contributed by atoms with Gasteiger partial charge in [0.25, 0.3) is 0 Å².